The average molecular weight is 443 g/mol. The monoisotopic (exact) mass is 442 g/mol. The number of halogens is 2. The molecule has 0 unspecified atom stereocenters. The Hall–Kier alpha value is -2.54. The molecule has 144 valence electrons. The Balaban J connectivity index is 1.69. The van der Waals surface area contributed by atoms with Gasteiger partial charge in [0.15, 0.2) is 5.82 Å². The van der Waals surface area contributed by atoms with Gasteiger partial charge in [0.05, 0.1) is 11.9 Å². The Morgan fingerprint density at radius 2 is 2.00 bits per heavy atom. The number of nitrogens with zero attached hydrogens (tertiary/aromatic N) is 4. The minimum Gasteiger partial charge on any atom is -0.342 e. The molecule has 1 aliphatic heterocycles. The van der Waals surface area contributed by atoms with Gasteiger partial charge in [-0.05, 0) is 36.6 Å². The van der Waals surface area contributed by atoms with Crippen LogP contribution in [0.3, 0.4) is 0 Å². The van der Waals surface area contributed by atoms with Crippen molar-refractivity contribution in [3.63, 3.8) is 0 Å². The van der Waals surface area contributed by atoms with Crippen LogP contribution in [0.1, 0.15) is 24.3 Å². The van der Waals surface area contributed by atoms with Crippen molar-refractivity contribution in [2.45, 2.75) is 18.8 Å². The molecule has 0 amide bonds. The van der Waals surface area contributed by atoms with E-state index in [1.54, 1.807) is 13.1 Å². The zero-order valence-electron chi connectivity index (χ0n) is 15.5. The highest BCUT2D eigenvalue weighted by atomic mass is 79.9. The molecule has 0 saturated carbocycles. The Morgan fingerprint density at radius 1 is 1.21 bits per heavy atom. The van der Waals surface area contributed by atoms with Crippen LogP contribution in [0.15, 0.2) is 58.1 Å². The zero-order valence-corrected chi connectivity index (χ0v) is 17.1. The normalized spacial score (nSPS) is 17.0. The van der Waals surface area contributed by atoms with Crippen LogP contribution in [-0.2, 0) is 7.05 Å². The number of hydrogen-bond acceptors (Lipinski definition) is 4. The second kappa shape index (κ2) is 7.83. The fourth-order valence-corrected chi connectivity index (χ4v) is 3.96. The Labute approximate surface area is 171 Å². The summed E-state index contributed by atoms with van der Waals surface area (Å²) >= 11 is 3.48. The largest absolute Gasteiger partial charge is 0.342 e. The predicted molar refractivity (Wildman–Crippen MR) is 111 cm³/mol. The molecule has 1 aliphatic rings. The van der Waals surface area contributed by atoms with Gasteiger partial charge in [0.25, 0.3) is 5.56 Å². The Morgan fingerprint density at radius 3 is 2.75 bits per heavy atom. The first kappa shape index (κ1) is 18.8. The number of rotatable bonds is 3. The maximum absolute atomic E-state index is 14.2. The van der Waals surface area contributed by atoms with Gasteiger partial charge in [0.1, 0.15) is 0 Å². The van der Waals surface area contributed by atoms with Crippen LogP contribution < -0.4 is 10.5 Å². The van der Waals surface area contributed by atoms with Crippen molar-refractivity contribution in [1.29, 1.82) is 0 Å². The summed E-state index contributed by atoms with van der Waals surface area (Å²) in [6, 6.07) is 11.3. The molecule has 0 aliphatic carbocycles. The summed E-state index contributed by atoms with van der Waals surface area (Å²) in [5.41, 5.74) is 1.69. The molecule has 0 spiro atoms. The quantitative estimate of drug-likeness (QED) is 0.611. The maximum Gasteiger partial charge on any atom is 0.255 e. The van der Waals surface area contributed by atoms with Crippen LogP contribution in [0.5, 0.6) is 0 Å². The lowest BCUT2D eigenvalue weighted by atomic mass is 9.91. The van der Waals surface area contributed by atoms with Crippen molar-refractivity contribution < 1.29 is 4.39 Å². The molecular weight excluding hydrogens is 423 g/mol. The number of benzene rings is 1. The van der Waals surface area contributed by atoms with Gasteiger partial charge >= 0.3 is 0 Å². The fraction of sp³-hybridized carbons (Fsp3) is 0.286. The van der Waals surface area contributed by atoms with E-state index >= 15 is 0 Å². The van der Waals surface area contributed by atoms with Gasteiger partial charge in [-0.2, -0.15) is 0 Å². The molecule has 7 heteroatoms. The third-order valence-corrected chi connectivity index (χ3v) is 5.73. The van der Waals surface area contributed by atoms with Gasteiger partial charge < -0.3 is 4.90 Å². The first-order valence-corrected chi connectivity index (χ1v) is 10.0. The summed E-state index contributed by atoms with van der Waals surface area (Å²) in [4.78, 5) is 23.1. The van der Waals surface area contributed by atoms with Gasteiger partial charge in [0, 0.05) is 48.4 Å². The van der Waals surface area contributed by atoms with Crippen molar-refractivity contribution in [1.82, 2.24) is 14.5 Å². The van der Waals surface area contributed by atoms with Crippen molar-refractivity contribution in [3.05, 3.63) is 75.0 Å². The number of piperidine rings is 1. The van der Waals surface area contributed by atoms with Crippen LogP contribution >= 0.6 is 15.9 Å². The minimum atomic E-state index is -0.486. The van der Waals surface area contributed by atoms with E-state index in [1.165, 1.54) is 22.4 Å². The highest BCUT2D eigenvalue weighted by Gasteiger charge is 2.24. The molecule has 5 nitrogen and oxygen atoms in total. The number of hydrogen-bond donors (Lipinski definition) is 0. The summed E-state index contributed by atoms with van der Waals surface area (Å²) in [5, 5.41) is 0. The van der Waals surface area contributed by atoms with Gasteiger partial charge in [-0.1, -0.05) is 28.1 Å². The van der Waals surface area contributed by atoms with Crippen LogP contribution in [-0.4, -0.2) is 27.6 Å². The molecule has 2 aromatic heterocycles. The standard InChI is InChI=1S/C21H20BrFN4O/c1-26-20(28)11-19(17-8-9-24-12-18(17)23)25-21(26)27-10-2-3-15(13-27)14-4-6-16(22)7-5-14/h4-9,11-12,15H,2-3,10,13H2,1H3/t15-/m1/s1. The molecule has 28 heavy (non-hydrogen) atoms. The summed E-state index contributed by atoms with van der Waals surface area (Å²) in [6.45, 7) is 1.58. The SMILES string of the molecule is Cn1c(N2CCC[C@@H](c3ccc(Br)cc3)C2)nc(-c2ccncc2F)cc1=O. The molecule has 3 heterocycles. The van der Waals surface area contributed by atoms with Crippen molar-refractivity contribution in [2.24, 2.45) is 7.05 Å². The Bertz CT molecular complexity index is 1050. The van der Waals surface area contributed by atoms with Crippen LogP contribution in [0.25, 0.3) is 11.3 Å². The van der Waals surface area contributed by atoms with E-state index in [2.05, 4.69) is 55.1 Å². The maximum atomic E-state index is 14.2. The van der Waals surface area contributed by atoms with Crippen molar-refractivity contribution in [3.8, 4) is 11.3 Å². The van der Waals surface area contributed by atoms with Crippen molar-refractivity contribution >= 4 is 21.9 Å². The van der Waals surface area contributed by atoms with Crippen molar-refractivity contribution in [2.75, 3.05) is 18.0 Å². The molecule has 3 aromatic rings. The second-order valence-corrected chi connectivity index (χ2v) is 7.95. The van der Waals surface area contributed by atoms with E-state index in [1.807, 2.05) is 0 Å². The molecule has 0 bridgehead atoms. The third-order valence-electron chi connectivity index (χ3n) is 5.21. The van der Waals surface area contributed by atoms with Crippen LogP contribution in [0, 0.1) is 5.82 Å². The summed E-state index contributed by atoms with van der Waals surface area (Å²) in [6.07, 6.45) is 4.73. The van der Waals surface area contributed by atoms with Gasteiger partial charge in [-0.3, -0.25) is 14.3 Å². The molecule has 0 N–H and O–H groups in total. The minimum absolute atomic E-state index is 0.207. The lowest BCUT2D eigenvalue weighted by molar-refractivity contribution is 0.497. The molecule has 4 rings (SSSR count). The first-order valence-electron chi connectivity index (χ1n) is 9.21. The van der Waals surface area contributed by atoms with E-state index in [-0.39, 0.29) is 11.1 Å². The van der Waals surface area contributed by atoms with E-state index in [0.717, 1.165) is 36.6 Å². The molecule has 0 radical (unpaired) electrons. The highest BCUT2D eigenvalue weighted by Crippen LogP contribution is 2.30. The van der Waals surface area contributed by atoms with E-state index < -0.39 is 5.82 Å². The topological polar surface area (TPSA) is 51.0 Å². The highest BCUT2D eigenvalue weighted by molar-refractivity contribution is 9.10. The fourth-order valence-electron chi connectivity index (χ4n) is 3.70. The summed E-state index contributed by atoms with van der Waals surface area (Å²) in [7, 11) is 1.71. The molecule has 1 fully saturated rings. The van der Waals surface area contributed by atoms with E-state index in [4.69, 9.17) is 0 Å². The zero-order chi connectivity index (χ0) is 19.7. The van der Waals surface area contributed by atoms with E-state index in [0.29, 0.717) is 17.6 Å². The summed E-state index contributed by atoms with van der Waals surface area (Å²) < 4.78 is 16.8. The predicted octanol–water partition coefficient (Wildman–Crippen LogP) is 4.13. The second-order valence-electron chi connectivity index (χ2n) is 7.03. The number of anilines is 1. The molecule has 1 saturated heterocycles. The first-order chi connectivity index (χ1) is 13.5. The summed E-state index contributed by atoms with van der Waals surface area (Å²) in [5.74, 6) is 0.446. The van der Waals surface area contributed by atoms with Gasteiger partial charge in [-0.15, -0.1) is 0 Å². The lowest BCUT2D eigenvalue weighted by Crippen LogP contribution is -2.38. The molecular formula is C21H20BrFN4O. The number of aromatic nitrogens is 3. The lowest BCUT2D eigenvalue weighted by Gasteiger charge is -2.34. The van der Waals surface area contributed by atoms with Crippen LogP contribution in [0.2, 0.25) is 0 Å². The van der Waals surface area contributed by atoms with Gasteiger partial charge in [-0.25, -0.2) is 9.37 Å². The molecule has 1 aromatic carbocycles. The number of pyridine rings is 1. The van der Waals surface area contributed by atoms with Gasteiger partial charge in [0.2, 0.25) is 5.95 Å². The average Bonchev–Trinajstić information content (AvgIpc) is 2.71. The van der Waals surface area contributed by atoms with E-state index in [9.17, 15) is 9.18 Å². The molecule has 1 atom stereocenters. The smallest absolute Gasteiger partial charge is 0.255 e. The Kier molecular flexibility index (Phi) is 5.26. The third kappa shape index (κ3) is 3.71. The van der Waals surface area contributed by atoms with Crippen LogP contribution in [0.4, 0.5) is 10.3 Å².